The fourth-order valence-electron chi connectivity index (χ4n) is 3.34. The quantitative estimate of drug-likeness (QED) is 0.220. The van der Waals surface area contributed by atoms with Crippen LogP contribution in [0.4, 0.5) is 0 Å². The van der Waals surface area contributed by atoms with Crippen molar-refractivity contribution in [1.29, 1.82) is 0 Å². The number of unbranched alkanes of at least 4 members (excludes halogenated alkanes) is 2. The van der Waals surface area contributed by atoms with Crippen LogP contribution in [0.1, 0.15) is 59.8 Å². The summed E-state index contributed by atoms with van der Waals surface area (Å²) >= 11 is 0. The Bertz CT molecular complexity index is 311. The molecule has 0 rings (SSSR count). The maximum atomic E-state index is 5.59. The summed E-state index contributed by atoms with van der Waals surface area (Å²) < 4.78 is 0. The highest BCUT2D eigenvalue weighted by Gasteiger charge is 2.12. The van der Waals surface area contributed by atoms with Crippen molar-refractivity contribution in [2.24, 2.45) is 17.4 Å². The zero-order valence-electron chi connectivity index (χ0n) is 19.5. The van der Waals surface area contributed by atoms with Gasteiger partial charge in [-0.05, 0) is 65.1 Å². The van der Waals surface area contributed by atoms with E-state index in [4.69, 9.17) is 11.5 Å². The number of hydrogen-bond donors (Lipinski definition) is 4. The third kappa shape index (κ3) is 17.8. The molecule has 0 amide bonds. The first-order valence-corrected chi connectivity index (χ1v) is 11.8. The van der Waals surface area contributed by atoms with Crippen LogP contribution in [0.2, 0.25) is 0 Å². The van der Waals surface area contributed by atoms with Crippen molar-refractivity contribution in [2.75, 3.05) is 72.0 Å². The molecule has 0 atom stereocenters. The lowest BCUT2D eigenvalue weighted by molar-refractivity contribution is 0.173. The molecule has 0 saturated heterocycles. The van der Waals surface area contributed by atoms with Crippen LogP contribution in [0.5, 0.6) is 0 Å². The molecule has 0 bridgehead atoms. The van der Waals surface area contributed by atoms with Crippen molar-refractivity contribution < 1.29 is 0 Å². The zero-order chi connectivity index (χ0) is 21.0. The van der Waals surface area contributed by atoms with E-state index in [0.717, 1.165) is 71.2 Å². The molecule has 0 aliphatic heterocycles. The molecule has 170 valence electrons. The van der Waals surface area contributed by atoms with E-state index in [1.54, 1.807) is 0 Å². The van der Waals surface area contributed by atoms with Gasteiger partial charge in [0, 0.05) is 58.4 Å². The minimum Gasteiger partial charge on any atom is -0.330 e. The molecule has 0 aromatic heterocycles. The predicted molar refractivity (Wildman–Crippen MR) is 125 cm³/mol. The molecule has 0 saturated carbocycles. The Morgan fingerprint density at radius 2 is 1.36 bits per heavy atom. The summed E-state index contributed by atoms with van der Waals surface area (Å²) in [4.78, 5) is 5.23. The number of hydrogen-bond acceptors (Lipinski definition) is 6. The van der Waals surface area contributed by atoms with Gasteiger partial charge in [-0.15, -0.1) is 0 Å². The van der Waals surface area contributed by atoms with Gasteiger partial charge in [-0.1, -0.05) is 20.3 Å². The monoisotopic (exact) mass is 400 g/mol. The molecule has 0 aliphatic carbocycles. The first kappa shape index (κ1) is 27.8. The van der Waals surface area contributed by atoms with Gasteiger partial charge < -0.3 is 27.0 Å². The zero-order valence-corrected chi connectivity index (χ0v) is 19.5. The topological polar surface area (TPSA) is 82.6 Å². The van der Waals surface area contributed by atoms with E-state index in [-0.39, 0.29) is 0 Å². The Hall–Kier alpha value is -0.240. The summed E-state index contributed by atoms with van der Waals surface area (Å²) in [6.07, 6.45) is 6.22. The molecule has 6 N–H and O–H groups in total. The standard InChI is InChI=1S/C22H52N6/c1-21(2)9-8-16-27(17-14-26-13-11-24)19-20-28(22(3)4)18-15-25-12-7-5-6-10-23/h21-22,25-26H,5-20,23-24H2,1-4H3. The van der Waals surface area contributed by atoms with E-state index in [9.17, 15) is 0 Å². The molecule has 0 aliphatic rings. The average molecular weight is 401 g/mol. The summed E-state index contributed by atoms with van der Waals surface area (Å²) in [7, 11) is 0. The minimum atomic E-state index is 0.590. The second-order valence-electron chi connectivity index (χ2n) is 8.65. The second kappa shape index (κ2) is 20.0. The smallest absolute Gasteiger partial charge is 0.0113 e. The lowest BCUT2D eigenvalue weighted by Gasteiger charge is -2.30. The SMILES string of the molecule is CC(C)CCCN(CCNCCN)CCN(CCNCCCCCN)C(C)C. The van der Waals surface area contributed by atoms with Crippen LogP contribution in [-0.2, 0) is 0 Å². The van der Waals surface area contributed by atoms with Crippen LogP contribution in [-0.4, -0.2) is 87.8 Å². The molecular weight excluding hydrogens is 348 g/mol. The van der Waals surface area contributed by atoms with E-state index in [0.29, 0.717) is 12.6 Å². The lowest BCUT2D eigenvalue weighted by atomic mass is 10.1. The van der Waals surface area contributed by atoms with Crippen LogP contribution in [0.3, 0.4) is 0 Å². The van der Waals surface area contributed by atoms with Crippen molar-refractivity contribution in [1.82, 2.24) is 20.4 Å². The molecule has 28 heavy (non-hydrogen) atoms. The molecule has 6 heteroatoms. The highest BCUT2D eigenvalue weighted by atomic mass is 15.2. The minimum absolute atomic E-state index is 0.590. The lowest BCUT2D eigenvalue weighted by Crippen LogP contribution is -2.44. The van der Waals surface area contributed by atoms with E-state index >= 15 is 0 Å². The fourth-order valence-corrected chi connectivity index (χ4v) is 3.34. The summed E-state index contributed by atoms with van der Waals surface area (Å²) in [5.41, 5.74) is 11.1. The van der Waals surface area contributed by atoms with Crippen molar-refractivity contribution in [2.45, 2.75) is 65.8 Å². The molecule has 0 aromatic rings. The third-order valence-corrected chi connectivity index (χ3v) is 5.25. The highest BCUT2D eigenvalue weighted by Crippen LogP contribution is 2.06. The van der Waals surface area contributed by atoms with Crippen molar-refractivity contribution >= 4 is 0 Å². The van der Waals surface area contributed by atoms with Gasteiger partial charge in [-0.25, -0.2) is 0 Å². The van der Waals surface area contributed by atoms with Crippen LogP contribution in [0, 0.1) is 5.92 Å². The Morgan fingerprint density at radius 1 is 0.643 bits per heavy atom. The molecule has 0 heterocycles. The molecule has 0 radical (unpaired) electrons. The van der Waals surface area contributed by atoms with Crippen molar-refractivity contribution in [3.05, 3.63) is 0 Å². The molecule has 0 aromatic carbocycles. The predicted octanol–water partition coefficient (Wildman–Crippen LogP) is 1.70. The van der Waals surface area contributed by atoms with Crippen molar-refractivity contribution in [3.8, 4) is 0 Å². The normalized spacial score (nSPS) is 12.2. The number of nitrogens with one attached hydrogen (secondary N) is 2. The van der Waals surface area contributed by atoms with Gasteiger partial charge in [0.2, 0.25) is 0 Å². The fraction of sp³-hybridized carbons (Fsp3) is 1.00. The van der Waals surface area contributed by atoms with Crippen molar-refractivity contribution in [3.63, 3.8) is 0 Å². The Labute approximate surface area is 176 Å². The largest absolute Gasteiger partial charge is 0.330 e. The maximum absolute atomic E-state index is 5.59. The van der Waals surface area contributed by atoms with Gasteiger partial charge in [-0.2, -0.15) is 0 Å². The summed E-state index contributed by atoms with van der Waals surface area (Å²) in [5.74, 6) is 0.792. The van der Waals surface area contributed by atoms with Gasteiger partial charge >= 0.3 is 0 Å². The molecule has 6 nitrogen and oxygen atoms in total. The Kier molecular flexibility index (Phi) is 19.9. The number of nitrogens with two attached hydrogens (primary N) is 2. The first-order valence-electron chi connectivity index (χ1n) is 11.8. The number of nitrogens with zero attached hydrogens (tertiary/aromatic N) is 2. The third-order valence-electron chi connectivity index (χ3n) is 5.25. The van der Waals surface area contributed by atoms with Gasteiger partial charge in [0.15, 0.2) is 0 Å². The Balaban J connectivity index is 4.19. The van der Waals surface area contributed by atoms with Crippen LogP contribution < -0.4 is 22.1 Å². The van der Waals surface area contributed by atoms with E-state index in [2.05, 4.69) is 48.1 Å². The molecule has 0 fully saturated rings. The van der Waals surface area contributed by atoms with Crippen LogP contribution in [0.25, 0.3) is 0 Å². The number of rotatable bonds is 21. The van der Waals surface area contributed by atoms with Gasteiger partial charge in [-0.3, -0.25) is 4.90 Å². The molecule has 0 spiro atoms. The summed E-state index contributed by atoms with van der Waals surface area (Å²) in [6.45, 7) is 20.7. The van der Waals surface area contributed by atoms with E-state index < -0.39 is 0 Å². The molecule has 0 unspecified atom stereocenters. The van der Waals surface area contributed by atoms with E-state index in [1.165, 1.54) is 32.2 Å². The van der Waals surface area contributed by atoms with Crippen LogP contribution in [0.15, 0.2) is 0 Å². The Morgan fingerprint density at radius 3 is 2.00 bits per heavy atom. The van der Waals surface area contributed by atoms with Gasteiger partial charge in [0.25, 0.3) is 0 Å². The summed E-state index contributed by atoms with van der Waals surface area (Å²) in [5, 5.41) is 7.03. The van der Waals surface area contributed by atoms with Gasteiger partial charge in [0.05, 0.1) is 0 Å². The summed E-state index contributed by atoms with van der Waals surface area (Å²) in [6, 6.07) is 0.590. The van der Waals surface area contributed by atoms with E-state index in [1.807, 2.05) is 0 Å². The average Bonchev–Trinajstić information content (AvgIpc) is 2.65. The maximum Gasteiger partial charge on any atom is 0.0113 e. The first-order chi connectivity index (χ1) is 13.5. The van der Waals surface area contributed by atoms with Crippen LogP contribution >= 0.6 is 0 Å². The second-order valence-corrected chi connectivity index (χ2v) is 8.65. The molecular formula is C22H52N6. The van der Waals surface area contributed by atoms with Gasteiger partial charge in [0.1, 0.15) is 0 Å². The highest BCUT2D eigenvalue weighted by molar-refractivity contribution is 4.69.